The molecule has 0 bridgehead atoms. The summed E-state index contributed by atoms with van der Waals surface area (Å²) in [6.07, 6.45) is 5.53. The van der Waals surface area contributed by atoms with Gasteiger partial charge in [0.15, 0.2) is 17.5 Å². The molecule has 1 aromatic carbocycles. The zero-order valence-electron chi connectivity index (χ0n) is 14.7. The lowest BCUT2D eigenvalue weighted by Crippen LogP contribution is -2.36. The fourth-order valence-corrected chi connectivity index (χ4v) is 3.18. The Bertz CT molecular complexity index is 584. The van der Waals surface area contributed by atoms with Crippen LogP contribution in [0.15, 0.2) is 23.2 Å². The number of hydrogen-bond acceptors (Lipinski definition) is 3. The van der Waals surface area contributed by atoms with Crippen LogP contribution in [0.2, 0.25) is 0 Å². The predicted molar refractivity (Wildman–Crippen MR) is 109 cm³/mol. The van der Waals surface area contributed by atoms with Gasteiger partial charge in [0.05, 0.1) is 13.7 Å². The van der Waals surface area contributed by atoms with Crippen LogP contribution in [0.3, 0.4) is 0 Å². The van der Waals surface area contributed by atoms with Crippen molar-refractivity contribution < 1.29 is 9.47 Å². The fraction of sp³-hybridized carbons (Fsp3) is 0.611. The lowest BCUT2D eigenvalue weighted by atomic mass is 10.0. The summed E-state index contributed by atoms with van der Waals surface area (Å²) >= 11 is 0. The molecule has 2 fully saturated rings. The smallest absolute Gasteiger partial charge is 0.195 e. The topological polar surface area (TPSA) is 54.9 Å². The van der Waals surface area contributed by atoms with Gasteiger partial charge < -0.3 is 20.1 Å². The van der Waals surface area contributed by atoms with Crippen molar-refractivity contribution in [1.82, 2.24) is 5.32 Å². The Labute approximate surface area is 161 Å². The van der Waals surface area contributed by atoms with Crippen LogP contribution in [-0.4, -0.2) is 33.3 Å². The molecule has 2 saturated carbocycles. The van der Waals surface area contributed by atoms with E-state index < -0.39 is 0 Å². The summed E-state index contributed by atoms with van der Waals surface area (Å²) in [5.41, 5.74) is 1.49. The van der Waals surface area contributed by atoms with Gasteiger partial charge in [-0.3, -0.25) is 4.99 Å². The lowest BCUT2D eigenvalue weighted by Gasteiger charge is -2.18. The van der Waals surface area contributed by atoms with Crippen LogP contribution < -0.4 is 20.1 Å². The molecule has 0 atom stereocenters. The molecule has 0 aliphatic heterocycles. The predicted octanol–water partition coefficient (Wildman–Crippen LogP) is 3.89. The van der Waals surface area contributed by atoms with E-state index in [1.165, 1.54) is 25.7 Å². The molecule has 0 heterocycles. The highest BCUT2D eigenvalue weighted by Crippen LogP contribution is 2.60. The maximum atomic E-state index is 5.62. The molecule has 24 heavy (non-hydrogen) atoms. The largest absolute Gasteiger partial charge is 0.493 e. The molecule has 0 amide bonds. The van der Waals surface area contributed by atoms with E-state index >= 15 is 0 Å². The second kappa shape index (κ2) is 8.27. The fourth-order valence-electron chi connectivity index (χ4n) is 3.18. The van der Waals surface area contributed by atoms with Crippen LogP contribution in [0.4, 0.5) is 5.69 Å². The van der Waals surface area contributed by atoms with Crippen molar-refractivity contribution in [3.05, 3.63) is 18.2 Å². The van der Waals surface area contributed by atoms with E-state index in [-0.39, 0.29) is 24.0 Å². The lowest BCUT2D eigenvalue weighted by molar-refractivity contribution is 0.311. The molecule has 0 unspecified atom stereocenters. The minimum atomic E-state index is 0. The summed E-state index contributed by atoms with van der Waals surface area (Å²) in [5.74, 6) is 3.24. The van der Waals surface area contributed by atoms with Crippen LogP contribution in [-0.2, 0) is 0 Å². The van der Waals surface area contributed by atoms with Gasteiger partial charge in [0.25, 0.3) is 0 Å². The summed E-state index contributed by atoms with van der Waals surface area (Å²) in [7, 11) is 3.46. The number of hydrogen-bond donors (Lipinski definition) is 2. The molecular formula is C18H28IN3O2. The molecule has 134 valence electrons. The maximum Gasteiger partial charge on any atom is 0.195 e. The van der Waals surface area contributed by atoms with Crippen molar-refractivity contribution in [3.63, 3.8) is 0 Å². The van der Waals surface area contributed by atoms with Gasteiger partial charge in [-0.1, -0.05) is 0 Å². The molecular weight excluding hydrogens is 417 g/mol. The van der Waals surface area contributed by atoms with Gasteiger partial charge in [0.1, 0.15) is 0 Å². The number of nitrogens with zero attached hydrogens (tertiary/aromatic N) is 1. The zero-order chi connectivity index (χ0) is 16.3. The Kier molecular flexibility index (Phi) is 6.60. The highest BCUT2D eigenvalue weighted by atomic mass is 127. The standard InChI is InChI=1S/C18H27N3O2.HI/c1-4-23-16-11-14(7-8-15(16)22-3)21-17(19-2)20-12-18(9-10-18)13-5-6-13;/h7-8,11,13H,4-6,9-10,12H2,1-3H3,(H2,19,20,21);1H. The van der Waals surface area contributed by atoms with E-state index in [2.05, 4.69) is 15.6 Å². The van der Waals surface area contributed by atoms with Crippen LogP contribution in [0.5, 0.6) is 11.5 Å². The van der Waals surface area contributed by atoms with E-state index in [0.29, 0.717) is 12.0 Å². The van der Waals surface area contributed by atoms with Gasteiger partial charge in [-0.15, -0.1) is 24.0 Å². The minimum Gasteiger partial charge on any atom is -0.493 e. The summed E-state index contributed by atoms with van der Waals surface area (Å²) in [4.78, 5) is 4.33. The van der Waals surface area contributed by atoms with Crippen molar-refractivity contribution in [1.29, 1.82) is 0 Å². The average molecular weight is 445 g/mol. The van der Waals surface area contributed by atoms with Gasteiger partial charge in [0.2, 0.25) is 0 Å². The van der Waals surface area contributed by atoms with Gasteiger partial charge >= 0.3 is 0 Å². The molecule has 0 aromatic heterocycles. The second-order valence-electron chi connectivity index (χ2n) is 6.49. The Morgan fingerprint density at radius 3 is 2.58 bits per heavy atom. The van der Waals surface area contributed by atoms with Crippen molar-refractivity contribution >= 4 is 35.6 Å². The Balaban J connectivity index is 0.00000208. The molecule has 2 N–H and O–H groups in total. The number of nitrogens with one attached hydrogen (secondary N) is 2. The zero-order valence-corrected chi connectivity index (χ0v) is 17.1. The van der Waals surface area contributed by atoms with Crippen LogP contribution in [0.1, 0.15) is 32.6 Å². The number of halogens is 1. The van der Waals surface area contributed by atoms with Gasteiger partial charge in [-0.2, -0.15) is 0 Å². The Morgan fingerprint density at radius 2 is 2.04 bits per heavy atom. The molecule has 5 nitrogen and oxygen atoms in total. The van der Waals surface area contributed by atoms with Crippen molar-refractivity contribution in [2.24, 2.45) is 16.3 Å². The first kappa shape index (κ1) is 19.1. The number of guanidine groups is 1. The van der Waals surface area contributed by atoms with Crippen molar-refractivity contribution in [2.45, 2.75) is 32.6 Å². The molecule has 3 rings (SSSR count). The third-order valence-electron chi connectivity index (χ3n) is 4.89. The molecule has 1 aromatic rings. The third kappa shape index (κ3) is 4.46. The number of ether oxygens (including phenoxy) is 2. The molecule has 0 spiro atoms. The van der Waals surface area contributed by atoms with Crippen molar-refractivity contribution in [2.75, 3.05) is 32.6 Å². The SMILES string of the molecule is CCOc1cc(NC(=NC)NCC2(C3CC3)CC2)ccc1OC.I. The quantitative estimate of drug-likeness (QED) is 0.380. The summed E-state index contributed by atoms with van der Waals surface area (Å²) in [6.45, 7) is 3.59. The second-order valence-corrected chi connectivity index (χ2v) is 6.49. The average Bonchev–Trinajstić information content (AvgIpc) is 3.45. The number of anilines is 1. The van der Waals surface area contributed by atoms with Crippen LogP contribution >= 0.6 is 24.0 Å². The van der Waals surface area contributed by atoms with Gasteiger partial charge in [-0.25, -0.2) is 0 Å². The number of methoxy groups -OCH3 is 1. The summed E-state index contributed by atoms with van der Waals surface area (Å²) in [6, 6.07) is 5.83. The molecule has 0 radical (unpaired) electrons. The van der Waals surface area contributed by atoms with E-state index in [9.17, 15) is 0 Å². The highest BCUT2D eigenvalue weighted by molar-refractivity contribution is 14.0. The first-order chi connectivity index (χ1) is 11.2. The maximum absolute atomic E-state index is 5.62. The number of rotatable bonds is 7. The van der Waals surface area contributed by atoms with E-state index in [1.807, 2.05) is 25.1 Å². The van der Waals surface area contributed by atoms with Crippen molar-refractivity contribution in [3.8, 4) is 11.5 Å². The first-order valence-corrected chi connectivity index (χ1v) is 8.49. The Hall–Kier alpha value is -1.18. The molecule has 2 aliphatic carbocycles. The number of aliphatic imine (C=N–C) groups is 1. The number of benzene rings is 1. The normalized spacial score (nSPS) is 18.4. The van der Waals surface area contributed by atoms with Crippen LogP contribution in [0.25, 0.3) is 0 Å². The van der Waals surface area contributed by atoms with Crippen LogP contribution in [0, 0.1) is 11.3 Å². The molecule has 6 heteroatoms. The monoisotopic (exact) mass is 445 g/mol. The minimum absolute atomic E-state index is 0. The molecule has 0 saturated heterocycles. The third-order valence-corrected chi connectivity index (χ3v) is 4.89. The first-order valence-electron chi connectivity index (χ1n) is 8.49. The van der Waals surface area contributed by atoms with Gasteiger partial charge in [-0.05, 0) is 56.1 Å². The summed E-state index contributed by atoms with van der Waals surface area (Å²) < 4.78 is 10.9. The van der Waals surface area contributed by atoms with Gasteiger partial charge in [0, 0.05) is 25.3 Å². The molecule has 2 aliphatic rings. The summed E-state index contributed by atoms with van der Waals surface area (Å²) in [5, 5.41) is 6.83. The van der Waals surface area contributed by atoms with E-state index in [4.69, 9.17) is 9.47 Å². The van der Waals surface area contributed by atoms with E-state index in [1.54, 1.807) is 14.2 Å². The Morgan fingerprint density at radius 1 is 1.29 bits per heavy atom. The highest BCUT2D eigenvalue weighted by Gasteiger charge is 2.53. The van der Waals surface area contributed by atoms with E-state index in [0.717, 1.165) is 35.6 Å².